The lowest BCUT2D eigenvalue weighted by molar-refractivity contribution is 0.237. The Hall–Kier alpha value is -0.780. The van der Waals surface area contributed by atoms with Crippen molar-refractivity contribution in [3.8, 4) is 5.75 Å². The minimum absolute atomic E-state index is 0.0758. The lowest BCUT2D eigenvalue weighted by Crippen LogP contribution is -2.31. The third-order valence-electron chi connectivity index (χ3n) is 3.70. The number of benzene rings is 2. The number of ether oxygens (including phenoxy) is 1. The van der Waals surface area contributed by atoms with Gasteiger partial charge in [-0.1, -0.05) is 52.1 Å². The number of aliphatic hydroxyl groups is 1. The summed E-state index contributed by atoms with van der Waals surface area (Å²) < 4.78 is 6.93. The highest BCUT2D eigenvalue weighted by Gasteiger charge is 2.09. The van der Waals surface area contributed by atoms with Crippen molar-refractivity contribution in [2.24, 2.45) is 0 Å². The van der Waals surface area contributed by atoms with Crippen LogP contribution in [0.5, 0.6) is 5.75 Å². The highest BCUT2D eigenvalue weighted by Crippen LogP contribution is 2.26. The molecule has 2 N–H and O–H groups in total. The van der Waals surface area contributed by atoms with Crippen LogP contribution in [0.1, 0.15) is 24.5 Å². The molecule has 0 aliphatic rings. The summed E-state index contributed by atoms with van der Waals surface area (Å²) in [5, 5.41) is 13.7. The first-order chi connectivity index (χ1) is 11.5. The molecule has 6 heteroatoms. The van der Waals surface area contributed by atoms with E-state index in [0.717, 1.165) is 27.8 Å². The van der Waals surface area contributed by atoms with E-state index < -0.39 is 0 Å². The van der Waals surface area contributed by atoms with Crippen molar-refractivity contribution in [2.75, 3.05) is 6.61 Å². The third kappa shape index (κ3) is 5.64. The minimum Gasteiger partial charge on any atom is -0.489 e. The van der Waals surface area contributed by atoms with Gasteiger partial charge in [0, 0.05) is 22.6 Å². The SMILES string of the molecule is CC[C@H](CO)NCc1cc(Br)ccc1OCc1ccc(Cl)c(Cl)c1. The lowest BCUT2D eigenvalue weighted by Gasteiger charge is -2.17. The normalized spacial score (nSPS) is 12.2. The minimum atomic E-state index is 0.0758. The lowest BCUT2D eigenvalue weighted by atomic mass is 10.1. The van der Waals surface area contributed by atoms with Crippen LogP contribution in [0.4, 0.5) is 0 Å². The van der Waals surface area contributed by atoms with Crippen LogP contribution in [0.25, 0.3) is 0 Å². The Labute approximate surface area is 161 Å². The zero-order valence-electron chi connectivity index (χ0n) is 13.4. The molecule has 2 rings (SSSR count). The van der Waals surface area contributed by atoms with Crippen molar-refractivity contribution in [2.45, 2.75) is 32.5 Å². The van der Waals surface area contributed by atoms with E-state index in [4.69, 9.17) is 27.9 Å². The Balaban J connectivity index is 2.07. The van der Waals surface area contributed by atoms with Gasteiger partial charge in [0.2, 0.25) is 0 Å². The van der Waals surface area contributed by atoms with Crippen LogP contribution in [-0.4, -0.2) is 17.8 Å². The predicted octanol–water partition coefficient (Wildman–Crippen LogP) is 5.20. The number of hydrogen-bond acceptors (Lipinski definition) is 3. The first-order valence-electron chi connectivity index (χ1n) is 7.72. The molecule has 1 atom stereocenters. The van der Waals surface area contributed by atoms with Gasteiger partial charge < -0.3 is 15.2 Å². The quantitative estimate of drug-likeness (QED) is 0.602. The topological polar surface area (TPSA) is 41.5 Å². The molecule has 0 saturated carbocycles. The Morgan fingerprint density at radius 1 is 1.17 bits per heavy atom. The zero-order valence-corrected chi connectivity index (χ0v) is 16.5. The summed E-state index contributed by atoms with van der Waals surface area (Å²) in [6.45, 7) is 3.18. The van der Waals surface area contributed by atoms with Crippen LogP contribution < -0.4 is 10.1 Å². The highest BCUT2D eigenvalue weighted by molar-refractivity contribution is 9.10. The van der Waals surface area contributed by atoms with Gasteiger partial charge >= 0.3 is 0 Å². The smallest absolute Gasteiger partial charge is 0.124 e. The summed E-state index contributed by atoms with van der Waals surface area (Å²) in [4.78, 5) is 0. The molecule has 2 aromatic carbocycles. The Morgan fingerprint density at radius 2 is 1.96 bits per heavy atom. The second kappa shape index (κ2) is 9.64. The number of rotatable bonds is 8. The second-order valence-corrected chi connectivity index (χ2v) is 7.19. The number of hydrogen-bond donors (Lipinski definition) is 2. The maximum Gasteiger partial charge on any atom is 0.124 e. The first-order valence-corrected chi connectivity index (χ1v) is 9.27. The van der Waals surface area contributed by atoms with E-state index in [1.807, 2.05) is 31.2 Å². The van der Waals surface area contributed by atoms with Gasteiger partial charge in [-0.2, -0.15) is 0 Å². The molecule has 0 aromatic heterocycles. The van der Waals surface area contributed by atoms with Crippen molar-refractivity contribution < 1.29 is 9.84 Å². The average molecular weight is 433 g/mol. The van der Waals surface area contributed by atoms with Gasteiger partial charge in [-0.3, -0.25) is 0 Å². The van der Waals surface area contributed by atoms with Gasteiger partial charge in [0.1, 0.15) is 12.4 Å². The number of aliphatic hydroxyl groups excluding tert-OH is 1. The van der Waals surface area contributed by atoms with E-state index in [0.29, 0.717) is 23.2 Å². The molecule has 0 unspecified atom stereocenters. The van der Waals surface area contributed by atoms with E-state index in [2.05, 4.69) is 21.2 Å². The van der Waals surface area contributed by atoms with Gasteiger partial charge in [0.05, 0.1) is 16.7 Å². The molecule has 0 fully saturated rings. The molecule has 0 amide bonds. The average Bonchev–Trinajstić information content (AvgIpc) is 2.58. The van der Waals surface area contributed by atoms with Crippen LogP contribution in [0.3, 0.4) is 0 Å². The van der Waals surface area contributed by atoms with Crippen LogP contribution in [-0.2, 0) is 13.2 Å². The molecule has 24 heavy (non-hydrogen) atoms. The highest BCUT2D eigenvalue weighted by atomic mass is 79.9. The van der Waals surface area contributed by atoms with Crippen molar-refractivity contribution in [3.05, 3.63) is 62.0 Å². The van der Waals surface area contributed by atoms with Crippen LogP contribution >= 0.6 is 39.1 Å². The van der Waals surface area contributed by atoms with E-state index in [1.165, 1.54) is 0 Å². The Morgan fingerprint density at radius 3 is 2.62 bits per heavy atom. The van der Waals surface area contributed by atoms with Crippen LogP contribution in [0.15, 0.2) is 40.9 Å². The molecule has 0 bridgehead atoms. The number of nitrogens with one attached hydrogen (secondary N) is 1. The van der Waals surface area contributed by atoms with Crippen molar-refractivity contribution in [1.82, 2.24) is 5.32 Å². The molecule has 2 aromatic rings. The maximum absolute atomic E-state index is 9.30. The standard InChI is InChI=1S/C18H20BrCl2NO2/c1-2-15(10-23)22-9-13-8-14(19)4-6-18(13)24-11-12-3-5-16(20)17(21)7-12/h3-8,15,22-23H,2,9-11H2,1H3/t15-/m1/s1. The predicted molar refractivity (Wildman–Crippen MR) is 103 cm³/mol. The zero-order chi connectivity index (χ0) is 17.5. The molecular weight excluding hydrogens is 413 g/mol. The van der Waals surface area contributed by atoms with Crippen molar-refractivity contribution in [3.63, 3.8) is 0 Å². The summed E-state index contributed by atoms with van der Waals surface area (Å²) in [6.07, 6.45) is 0.865. The van der Waals surface area contributed by atoms with Gasteiger partial charge in [0.15, 0.2) is 0 Å². The second-order valence-electron chi connectivity index (χ2n) is 5.46. The maximum atomic E-state index is 9.30. The molecule has 0 aliphatic carbocycles. The van der Waals surface area contributed by atoms with Crippen molar-refractivity contribution >= 4 is 39.1 Å². The van der Waals surface area contributed by atoms with Gasteiger partial charge in [0.25, 0.3) is 0 Å². The summed E-state index contributed by atoms with van der Waals surface area (Å²) >= 11 is 15.5. The van der Waals surface area contributed by atoms with Crippen molar-refractivity contribution in [1.29, 1.82) is 0 Å². The molecule has 0 saturated heterocycles. The molecular formula is C18H20BrCl2NO2. The fourth-order valence-electron chi connectivity index (χ4n) is 2.21. The fraction of sp³-hybridized carbons (Fsp3) is 0.333. The largest absolute Gasteiger partial charge is 0.489 e. The molecule has 3 nitrogen and oxygen atoms in total. The van der Waals surface area contributed by atoms with E-state index in [1.54, 1.807) is 12.1 Å². The Bertz CT molecular complexity index is 678. The summed E-state index contributed by atoms with van der Waals surface area (Å²) in [7, 11) is 0. The molecule has 0 heterocycles. The Kier molecular flexibility index (Phi) is 7.85. The number of halogens is 3. The van der Waals surface area contributed by atoms with Gasteiger partial charge in [-0.25, -0.2) is 0 Å². The first kappa shape index (κ1) is 19.5. The summed E-state index contributed by atoms with van der Waals surface area (Å²) in [6, 6.07) is 11.4. The summed E-state index contributed by atoms with van der Waals surface area (Å²) in [5.41, 5.74) is 1.98. The van der Waals surface area contributed by atoms with E-state index >= 15 is 0 Å². The fourth-order valence-corrected chi connectivity index (χ4v) is 2.94. The summed E-state index contributed by atoms with van der Waals surface area (Å²) in [5.74, 6) is 0.796. The van der Waals surface area contributed by atoms with E-state index in [9.17, 15) is 5.11 Å². The van der Waals surface area contributed by atoms with Gasteiger partial charge in [-0.15, -0.1) is 0 Å². The molecule has 0 spiro atoms. The molecule has 0 aliphatic heterocycles. The van der Waals surface area contributed by atoms with E-state index in [-0.39, 0.29) is 12.6 Å². The van der Waals surface area contributed by atoms with Gasteiger partial charge in [-0.05, 0) is 42.3 Å². The third-order valence-corrected chi connectivity index (χ3v) is 4.93. The molecule has 130 valence electrons. The van der Waals surface area contributed by atoms with Crippen LogP contribution in [0.2, 0.25) is 10.0 Å². The monoisotopic (exact) mass is 431 g/mol. The van der Waals surface area contributed by atoms with Crippen LogP contribution in [0, 0.1) is 0 Å². The molecule has 0 radical (unpaired) electrons.